The van der Waals surface area contributed by atoms with Crippen molar-refractivity contribution in [2.75, 3.05) is 11.9 Å². The van der Waals surface area contributed by atoms with Crippen molar-refractivity contribution >= 4 is 37.3 Å². The van der Waals surface area contributed by atoms with Gasteiger partial charge >= 0.3 is 0 Å². The van der Waals surface area contributed by atoms with Gasteiger partial charge in [0, 0.05) is 11.9 Å². The van der Waals surface area contributed by atoms with Crippen LogP contribution in [0.3, 0.4) is 0 Å². The van der Waals surface area contributed by atoms with E-state index in [1.165, 1.54) is 11.3 Å². The Morgan fingerprint density at radius 3 is 2.87 bits per heavy atom. The van der Waals surface area contributed by atoms with Gasteiger partial charge in [-0.25, -0.2) is 13.1 Å². The van der Waals surface area contributed by atoms with E-state index in [2.05, 4.69) is 20.7 Å². The highest BCUT2D eigenvalue weighted by Crippen LogP contribution is 2.15. The minimum atomic E-state index is -3.28. The van der Waals surface area contributed by atoms with E-state index in [1.54, 1.807) is 17.5 Å². The number of halogens is 1. The largest absolute Gasteiger partial charge is 0.250 e. The monoisotopic (exact) mass is 311 g/mol. The summed E-state index contributed by atoms with van der Waals surface area (Å²) < 4.78 is 26.4. The van der Waals surface area contributed by atoms with E-state index in [-0.39, 0.29) is 0 Å². The molecule has 0 aliphatic heterocycles. The van der Waals surface area contributed by atoms with Crippen LogP contribution < -0.4 is 4.72 Å². The second kappa shape index (κ2) is 5.98. The summed E-state index contributed by atoms with van der Waals surface area (Å²) in [6.45, 7) is 2.52. The van der Waals surface area contributed by atoms with E-state index in [0.717, 1.165) is 11.8 Å². The molecule has 1 aromatic rings. The van der Waals surface area contributed by atoms with Crippen molar-refractivity contribution in [1.29, 1.82) is 0 Å². The highest BCUT2D eigenvalue weighted by Gasteiger charge is 2.15. The summed E-state index contributed by atoms with van der Waals surface area (Å²) in [6, 6.07) is 3.35. The van der Waals surface area contributed by atoms with Crippen molar-refractivity contribution < 1.29 is 8.42 Å². The summed E-state index contributed by atoms with van der Waals surface area (Å²) in [6.07, 6.45) is 0.965. The Bertz CT molecular complexity index is 375. The van der Waals surface area contributed by atoms with Crippen LogP contribution in [0.1, 0.15) is 13.3 Å². The number of hydrogen-bond acceptors (Lipinski definition) is 3. The number of alkyl halides is 1. The van der Waals surface area contributed by atoms with Gasteiger partial charge in [-0.1, -0.05) is 28.9 Å². The molecule has 1 heterocycles. The fraction of sp³-hybridized carbons (Fsp3) is 0.556. The Kier molecular flexibility index (Phi) is 5.25. The van der Waals surface area contributed by atoms with Crippen molar-refractivity contribution in [3.8, 4) is 0 Å². The zero-order valence-corrected chi connectivity index (χ0v) is 11.7. The molecule has 0 saturated heterocycles. The van der Waals surface area contributed by atoms with Gasteiger partial charge in [0.1, 0.15) is 4.21 Å². The Hall–Kier alpha value is 0.0900. The molecule has 1 rings (SSSR count). The molecule has 0 saturated carbocycles. The van der Waals surface area contributed by atoms with Crippen molar-refractivity contribution in [1.82, 2.24) is 4.72 Å². The molecule has 0 amide bonds. The summed E-state index contributed by atoms with van der Waals surface area (Å²) in [5, 5.41) is 2.66. The van der Waals surface area contributed by atoms with Gasteiger partial charge in [0.25, 0.3) is 0 Å². The van der Waals surface area contributed by atoms with E-state index in [4.69, 9.17) is 0 Å². The summed E-state index contributed by atoms with van der Waals surface area (Å²) >= 11 is 4.57. The van der Waals surface area contributed by atoms with Crippen LogP contribution in [-0.4, -0.2) is 20.3 Å². The zero-order chi connectivity index (χ0) is 11.3. The van der Waals surface area contributed by atoms with Gasteiger partial charge < -0.3 is 0 Å². The molecule has 0 aliphatic carbocycles. The summed E-state index contributed by atoms with van der Waals surface area (Å²) in [5.74, 6) is 0.346. The van der Waals surface area contributed by atoms with E-state index in [0.29, 0.717) is 16.7 Å². The topological polar surface area (TPSA) is 46.2 Å². The molecule has 15 heavy (non-hydrogen) atoms. The van der Waals surface area contributed by atoms with Crippen molar-refractivity contribution in [2.24, 2.45) is 5.92 Å². The van der Waals surface area contributed by atoms with Crippen molar-refractivity contribution in [3.63, 3.8) is 0 Å². The molecule has 3 nitrogen and oxygen atoms in total. The Labute approximate surface area is 103 Å². The lowest BCUT2D eigenvalue weighted by molar-refractivity contribution is 0.533. The lowest BCUT2D eigenvalue weighted by atomic mass is 10.1. The first kappa shape index (κ1) is 13.2. The average Bonchev–Trinajstić information content (AvgIpc) is 2.69. The second-order valence-corrected chi connectivity index (χ2v) is 7.10. The molecule has 0 bridgehead atoms. The minimum absolute atomic E-state index is 0.346. The fourth-order valence-corrected chi connectivity index (χ4v) is 4.01. The zero-order valence-electron chi connectivity index (χ0n) is 8.44. The van der Waals surface area contributed by atoms with E-state index in [1.807, 2.05) is 6.92 Å². The van der Waals surface area contributed by atoms with Crippen LogP contribution in [0, 0.1) is 5.92 Å². The van der Waals surface area contributed by atoms with Crippen LogP contribution in [0.15, 0.2) is 21.7 Å². The number of sulfonamides is 1. The molecular formula is C9H14BrNO2S2. The van der Waals surface area contributed by atoms with Gasteiger partial charge in [-0.2, -0.15) is 0 Å². The Balaban J connectivity index is 2.52. The molecule has 1 atom stereocenters. The maximum atomic E-state index is 11.7. The van der Waals surface area contributed by atoms with Gasteiger partial charge in [0.15, 0.2) is 0 Å². The summed E-state index contributed by atoms with van der Waals surface area (Å²) in [7, 11) is -3.28. The number of rotatable bonds is 6. The van der Waals surface area contributed by atoms with Gasteiger partial charge in [-0.05, 0) is 23.8 Å². The molecule has 0 radical (unpaired) electrons. The molecular weight excluding hydrogens is 298 g/mol. The van der Waals surface area contributed by atoms with Crippen molar-refractivity contribution in [3.05, 3.63) is 17.5 Å². The first-order valence-corrected chi connectivity index (χ1v) is 8.14. The molecule has 0 aliphatic rings. The maximum Gasteiger partial charge on any atom is 0.250 e. The molecule has 1 unspecified atom stereocenters. The smallest absolute Gasteiger partial charge is 0.210 e. The van der Waals surface area contributed by atoms with Crippen LogP contribution in [0.25, 0.3) is 0 Å². The van der Waals surface area contributed by atoms with Crippen LogP contribution >= 0.6 is 27.3 Å². The Morgan fingerprint density at radius 1 is 1.60 bits per heavy atom. The van der Waals surface area contributed by atoms with Gasteiger partial charge in [0.2, 0.25) is 10.0 Å². The molecule has 1 aromatic heterocycles. The number of hydrogen-bond donors (Lipinski definition) is 1. The summed E-state index contributed by atoms with van der Waals surface area (Å²) in [5.41, 5.74) is 0. The average molecular weight is 312 g/mol. The van der Waals surface area contributed by atoms with Gasteiger partial charge in [-0.15, -0.1) is 11.3 Å². The van der Waals surface area contributed by atoms with Crippen LogP contribution in [0.5, 0.6) is 0 Å². The lowest BCUT2D eigenvalue weighted by Crippen LogP contribution is -2.28. The third kappa shape index (κ3) is 4.22. The van der Waals surface area contributed by atoms with Crippen LogP contribution in [0.2, 0.25) is 0 Å². The van der Waals surface area contributed by atoms with E-state index < -0.39 is 10.0 Å². The normalized spacial score (nSPS) is 14.0. The number of thiophene rings is 1. The first-order chi connectivity index (χ1) is 7.06. The van der Waals surface area contributed by atoms with Crippen molar-refractivity contribution in [2.45, 2.75) is 17.6 Å². The lowest BCUT2D eigenvalue weighted by Gasteiger charge is -2.10. The van der Waals surface area contributed by atoms with E-state index in [9.17, 15) is 8.42 Å². The highest BCUT2D eigenvalue weighted by atomic mass is 79.9. The van der Waals surface area contributed by atoms with Crippen LogP contribution in [0.4, 0.5) is 0 Å². The second-order valence-electron chi connectivity index (χ2n) is 3.37. The molecule has 0 aromatic carbocycles. The van der Waals surface area contributed by atoms with Crippen LogP contribution in [-0.2, 0) is 10.0 Å². The molecule has 0 fully saturated rings. The quantitative estimate of drug-likeness (QED) is 0.820. The van der Waals surface area contributed by atoms with Gasteiger partial charge in [-0.3, -0.25) is 0 Å². The third-order valence-corrected chi connectivity index (χ3v) is 5.26. The maximum absolute atomic E-state index is 11.7. The predicted molar refractivity (Wildman–Crippen MR) is 67.1 cm³/mol. The summed E-state index contributed by atoms with van der Waals surface area (Å²) in [4.78, 5) is 0. The molecule has 0 spiro atoms. The fourth-order valence-electron chi connectivity index (χ4n) is 1.03. The third-order valence-electron chi connectivity index (χ3n) is 1.98. The molecule has 86 valence electrons. The molecule has 6 heteroatoms. The first-order valence-electron chi connectivity index (χ1n) is 4.65. The Morgan fingerprint density at radius 2 is 2.33 bits per heavy atom. The highest BCUT2D eigenvalue weighted by molar-refractivity contribution is 9.09. The standard InChI is InChI=1S/C9H14BrNO2S2/c1-8(4-5-10)7-11-15(12,13)9-3-2-6-14-9/h2-3,6,8,11H,4-5,7H2,1H3. The molecule has 1 N–H and O–H groups in total. The predicted octanol–water partition coefficient (Wildman–Crippen LogP) is 2.45. The SMILES string of the molecule is CC(CCBr)CNS(=O)(=O)c1cccs1. The number of nitrogens with one attached hydrogen (secondary N) is 1. The van der Waals surface area contributed by atoms with Gasteiger partial charge in [0.05, 0.1) is 0 Å². The van der Waals surface area contributed by atoms with E-state index >= 15 is 0 Å². The minimum Gasteiger partial charge on any atom is -0.210 e.